The summed E-state index contributed by atoms with van der Waals surface area (Å²) in [7, 11) is 0. The third-order valence-electron chi connectivity index (χ3n) is 4.70. The van der Waals surface area contributed by atoms with Gasteiger partial charge >= 0.3 is 0 Å². The molecule has 7 nitrogen and oxygen atoms in total. The second kappa shape index (κ2) is 8.96. The molecule has 3 aromatic carbocycles. The van der Waals surface area contributed by atoms with E-state index in [1.807, 2.05) is 54.6 Å². The standard InChI is InChI=1S/C24H21N5O2/c25-21-8-4-5-9-22(21)28-23(30)18-12-10-17(11-13-18)15-29-16-19(14-26-29)24(31)27-20-6-2-1-3-7-20/h1-14,16H,15,25H2,(H,27,31)(H,28,30). The van der Waals surface area contributed by atoms with Crippen molar-refractivity contribution in [1.82, 2.24) is 9.78 Å². The van der Waals surface area contributed by atoms with E-state index in [0.717, 1.165) is 11.3 Å². The average Bonchev–Trinajstić information content (AvgIpc) is 3.25. The molecule has 1 aromatic heterocycles. The number of nitrogens with one attached hydrogen (secondary N) is 2. The molecule has 2 amide bonds. The number of para-hydroxylation sites is 3. The van der Waals surface area contributed by atoms with Crippen LogP contribution in [0.15, 0.2) is 91.3 Å². The van der Waals surface area contributed by atoms with Crippen LogP contribution in [0, 0.1) is 0 Å². The molecule has 0 unspecified atom stereocenters. The molecular weight excluding hydrogens is 390 g/mol. The Hall–Kier alpha value is -4.39. The number of nitrogen functional groups attached to an aromatic ring is 1. The lowest BCUT2D eigenvalue weighted by Gasteiger charge is -2.08. The van der Waals surface area contributed by atoms with Crippen molar-refractivity contribution >= 4 is 28.9 Å². The maximum absolute atomic E-state index is 12.4. The van der Waals surface area contributed by atoms with E-state index in [1.54, 1.807) is 35.1 Å². The maximum atomic E-state index is 12.4. The molecule has 154 valence electrons. The normalized spacial score (nSPS) is 10.5. The molecular formula is C24H21N5O2. The van der Waals surface area contributed by atoms with E-state index in [2.05, 4.69) is 15.7 Å². The van der Waals surface area contributed by atoms with Crippen LogP contribution in [0.2, 0.25) is 0 Å². The van der Waals surface area contributed by atoms with E-state index in [4.69, 9.17) is 5.73 Å². The third kappa shape index (κ3) is 4.97. The summed E-state index contributed by atoms with van der Waals surface area (Å²) in [6, 6.07) is 23.6. The van der Waals surface area contributed by atoms with Crippen LogP contribution >= 0.6 is 0 Å². The summed E-state index contributed by atoms with van der Waals surface area (Å²) in [6.07, 6.45) is 3.22. The smallest absolute Gasteiger partial charge is 0.258 e. The fraction of sp³-hybridized carbons (Fsp3) is 0.0417. The van der Waals surface area contributed by atoms with Gasteiger partial charge in [0.1, 0.15) is 0 Å². The van der Waals surface area contributed by atoms with Crippen LogP contribution in [0.4, 0.5) is 17.1 Å². The van der Waals surface area contributed by atoms with Crippen molar-refractivity contribution in [3.63, 3.8) is 0 Å². The molecule has 0 radical (unpaired) electrons. The van der Waals surface area contributed by atoms with Crippen molar-refractivity contribution in [2.45, 2.75) is 6.54 Å². The van der Waals surface area contributed by atoms with Crippen LogP contribution in [0.5, 0.6) is 0 Å². The predicted molar refractivity (Wildman–Crippen MR) is 121 cm³/mol. The van der Waals surface area contributed by atoms with Gasteiger partial charge in [0.2, 0.25) is 0 Å². The molecule has 0 saturated heterocycles. The zero-order valence-corrected chi connectivity index (χ0v) is 16.7. The van der Waals surface area contributed by atoms with E-state index >= 15 is 0 Å². The Labute approximate surface area is 179 Å². The van der Waals surface area contributed by atoms with Gasteiger partial charge in [-0.2, -0.15) is 5.10 Å². The van der Waals surface area contributed by atoms with E-state index < -0.39 is 0 Å². The van der Waals surface area contributed by atoms with E-state index in [9.17, 15) is 9.59 Å². The summed E-state index contributed by atoms with van der Waals surface area (Å²) in [5.41, 5.74) is 9.64. The number of hydrogen-bond donors (Lipinski definition) is 3. The molecule has 0 aliphatic carbocycles. The van der Waals surface area contributed by atoms with Crippen molar-refractivity contribution in [2.75, 3.05) is 16.4 Å². The maximum Gasteiger partial charge on any atom is 0.258 e. The molecule has 7 heteroatoms. The minimum Gasteiger partial charge on any atom is -0.397 e. The Morgan fingerprint density at radius 3 is 2.23 bits per heavy atom. The molecule has 0 atom stereocenters. The Morgan fingerprint density at radius 2 is 1.48 bits per heavy atom. The highest BCUT2D eigenvalue weighted by Gasteiger charge is 2.10. The van der Waals surface area contributed by atoms with E-state index in [-0.39, 0.29) is 11.8 Å². The minimum absolute atomic E-state index is 0.218. The number of nitrogens with two attached hydrogens (primary N) is 1. The van der Waals surface area contributed by atoms with Gasteiger partial charge in [-0.25, -0.2) is 0 Å². The van der Waals surface area contributed by atoms with Crippen LogP contribution in [0.3, 0.4) is 0 Å². The van der Waals surface area contributed by atoms with Crippen molar-refractivity contribution in [2.24, 2.45) is 0 Å². The number of aromatic nitrogens is 2. The first-order valence-corrected chi connectivity index (χ1v) is 9.72. The van der Waals surface area contributed by atoms with Gasteiger partial charge in [-0.1, -0.05) is 42.5 Å². The Kier molecular flexibility index (Phi) is 5.75. The largest absolute Gasteiger partial charge is 0.397 e. The minimum atomic E-state index is -0.233. The summed E-state index contributed by atoms with van der Waals surface area (Å²) in [5.74, 6) is -0.451. The molecule has 0 spiro atoms. The van der Waals surface area contributed by atoms with Crippen LogP contribution in [0.1, 0.15) is 26.3 Å². The van der Waals surface area contributed by atoms with Crippen LogP contribution in [0.25, 0.3) is 0 Å². The molecule has 4 rings (SSSR count). The number of hydrogen-bond acceptors (Lipinski definition) is 4. The second-order valence-corrected chi connectivity index (χ2v) is 6.99. The molecule has 4 N–H and O–H groups in total. The van der Waals surface area contributed by atoms with Gasteiger partial charge in [0.15, 0.2) is 0 Å². The molecule has 0 aliphatic rings. The highest BCUT2D eigenvalue weighted by atomic mass is 16.2. The fourth-order valence-electron chi connectivity index (χ4n) is 3.05. The topological polar surface area (TPSA) is 102 Å². The lowest BCUT2D eigenvalue weighted by atomic mass is 10.1. The number of carbonyl (C=O) groups excluding carboxylic acids is 2. The molecule has 0 saturated carbocycles. The summed E-state index contributed by atoms with van der Waals surface area (Å²) >= 11 is 0. The summed E-state index contributed by atoms with van der Waals surface area (Å²) in [4.78, 5) is 24.8. The summed E-state index contributed by atoms with van der Waals surface area (Å²) < 4.78 is 1.68. The number of carbonyl (C=O) groups is 2. The third-order valence-corrected chi connectivity index (χ3v) is 4.70. The summed E-state index contributed by atoms with van der Waals surface area (Å²) in [5, 5.41) is 9.90. The lowest BCUT2D eigenvalue weighted by molar-refractivity contribution is 0.101. The van der Waals surface area contributed by atoms with Gasteiger partial charge in [0.25, 0.3) is 11.8 Å². The van der Waals surface area contributed by atoms with E-state index in [0.29, 0.717) is 29.0 Å². The van der Waals surface area contributed by atoms with Gasteiger partial charge in [-0.3, -0.25) is 14.3 Å². The van der Waals surface area contributed by atoms with Crippen LogP contribution in [-0.2, 0) is 6.54 Å². The molecule has 0 bridgehead atoms. The predicted octanol–water partition coefficient (Wildman–Crippen LogP) is 4.02. The Balaban J connectivity index is 1.37. The van der Waals surface area contributed by atoms with Gasteiger partial charge in [-0.15, -0.1) is 0 Å². The van der Waals surface area contributed by atoms with Crippen LogP contribution < -0.4 is 16.4 Å². The van der Waals surface area contributed by atoms with Gasteiger partial charge in [-0.05, 0) is 42.0 Å². The monoisotopic (exact) mass is 411 g/mol. The number of rotatable bonds is 6. The molecule has 4 aromatic rings. The lowest BCUT2D eigenvalue weighted by Crippen LogP contribution is -2.13. The molecule has 31 heavy (non-hydrogen) atoms. The number of anilines is 3. The van der Waals surface area contributed by atoms with Crippen molar-refractivity contribution in [1.29, 1.82) is 0 Å². The number of amides is 2. The van der Waals surface area contributed by atoms with E-state index in [1.165, 1.54) is 6.20 Å². The number of nitrogens with zero attached hydrogens (tertiary/aromatic N) is 2. The highest BCUT2D eigenvalue weighted by Crippen LogP contribution is 2.18. The zero-order chi connectivity index (χ0) is 21.6. The molecule has 0 fully saturated rings. The first-order valence-electron chi connectivity index (χ1n) is 9.72. The molecule has 0 aliphatic heterocycles. The average molecular weight is 411 g/mol. The SMILES string of the molecule is Nc1ccccc1NC(=O)c1ccc(Cn2cc(C(=O)Nc3ccccc3)cn2)cc1. The first kappa shape index (κ1) is 19.9. The zero-order valence-electron chi connectivity index (χ0n) is 16.7. The number of benzene rings is 3. The fourth-order valence-corrected chi connectivity index (χ4v) is 3.05. The highest BCUT2D eigenvalue weighted by molar-refractivity contribution is 6.05. The Bertz CT molecular complexity index is 1200. The summed E-state index contributed by atoms with van der Waals surface area (Å²) in [6.45, 7) is 0.478. The van der Waals surface area contributed by atoms with Crippen molar-refractivity contribution < 1.29 is 9.59 Å². The first-order chi connectivity index (χ1) is 15.1. The Morgan fingerprint density at radius 1 is 0.806 bits per heavy atom. The van der Waals surface area contributed by atoms with Crippen molar-refractivity contribution in [3.05, 3.63) is 108 Å². The van der Waals surface area contributed by atoms with Gasteiger partial charge in [0.05, 0.1) is 29.7 Å². The van der Waals surface area contributed by atoms with Crippen molar-refractivity contribution in [3.8, 4) is 0 Å². The van der Waals surface area contributed by atoms with Crippen LogP contribution in [-0.4, -0.2) is 21.6 Å². The van der Waals surface area contributed by atoms with Gasteiger partial charge in [0, 0.05) is 17.4 Å². The van der Waals surface area contributed by atoms with Gasteiger partial charge < -0.3 is 16.4 Å². The second-order valence-electron chi connectivity index (χ2n) is 6.99. The quantitative estimate of drug-likeness (QED) is 0.417. The molecule has 1 heterocycles.